The number of aliphatic carboxylic acids is 1. The molecule has 12 aromatic heterocycles. The summed E-state index contributed by atoms with van der Waals surface area (Å²) >= 11 is 3.70. The number of nitrogens with zero attached hydrogens (tertiary/aromatic N) is 19. The maximum absolute atomic E-state index is 14.8. The number of rotatable bonds is 26. The number of aromatic amines is 1. The van der Waals surface area contributed by atoms with E-state index in [0.29, 0.717) is 92.0 Å². The molecule has 40 nitrogen and oxygen atoms in total. The maximum Gasteiger partial charge on any atom is 0.434 e. The number of carbonyl (C=O) groups is 6. The molecule has 4 amide bonds. The minimum absolute atomic E-state index is 0.000290. The Morgan fingerprint density at radius 3 is 1.22 bits per heavy atom. The molecule has 5 fully saturated rings. The first-order valence-corrected chi connectivity index (χ1v) is 45.4. The first-order chi connectivity index (χ1) is 64.9. The first kappa shape index (κ1) is 98.6. The van der Waals surface area contributed by atoms with Crippen LogP contribution in [-0.4, -0.2) is 273 Å². The van der Waals surface area contributed by atoms with Crippen molar-refractivity contribution >= 4 is 93.0 Å². The van der Waals surface area contributed by atoms with Crippen LogP contribution in [0.3, 0.4) is 0 Å². The van der Waals surface area contributed by atoms with Gasteiger partial charge in [0.05, 0.1) is 105 Å². The number of aliphatic hydroxyl groups excluding tert-OH is 2. The van der Waals surface area contributed by atoms with Crippen LogP contribution in [0.4, 0.5) is 53.0 Å². The second-order valence-corrected chi connectivity index (χ2v) is 33.1. The predicted octanol–water partition coefficient (Wildman–Crippen LogP) is 11.9. The Balaban J connectivity index is 0.000000163. The zero-order valence-electron chi connectivity index (χ0n) is 72.4. The van der Waals surface area contributed by atoms with Crippen LogP contribution in [0.2, 0.25) is 0 Å². The lowest BCUT2D eigenvalue weighted by Gasteiger charge is -2.28. The fourth-order valence-electron chi connectivity index (χ4n) is 15.1. The van der Waals surface area contributed by atoms with Gasteiger partial charge in [-0.3, -0.25) is 38.4 Å². The quantitative estimate of drug-likeness (QED) is 0.0195. The van der Waals surface area contributed by atoms with Crippen molar-refractivity contribution in [2.75, 3.05) is 108 Å². The van der Waals surface area contributed by atoms with Crippen molar-refractivity contribution < 1.29 is 108 Å². The number of H-pyrrole nitrogens is 1. The number of thiazole rings is 3. The van der Waals surface area contributed by atoms with Gasteiger partial charge in [-0.1, -0.05) is 0 Å². The van der Waals surface area contributed by atoms with Crippen LogP contribution >= 0.6 is 34.0 Å². The summed E-state index contributed by atoms with van der Waals surface area (Å²) in [6.45, 7) is 12.8. The lowest BCUT2D eigenvalue weighted by molar-refractivity contribution is -0.191. The molecule has 710 valence electrons. The third-order valence-electron chi connectivity index (χ3n) is 21.8. The maximum atomic E-state index is 14.8. The summed E-state index contributed by atoms with van der Waals surface area (Å²) in [7, 11) is 0. The average molecular weight is 1920 g/mol. The molecule has 0 bridgehead atoms. The number of aliphatic hydroxyl groups is 2. The van der Waals surface area contributed by atoms with Gasteiger partial charge in [-0.2, -0.15) is 62.7 Å². The fourth-order valence-corrected chi connectivity index (χ4v) is 17.4. The first-order valence-electron chi connectivity index (χ1n) is 42.7. The number of carbonyl (C=O) groups excluding carboxylic acids is 7. The predicted molar refractivity (Wildman–Crippen MR) is 468 cm³/mol. The van der Waals surface area contributed by atoms with Gasteiger partial charge in [0.1, 0.15) is 72.9 Å². The van der Waals surface area contributed by atoms with E-state index in [2.05, 4.69) is 86.4 Å². The number of nitrogens with one attached hydrogen (secondary N) is 4. The van der Waals surface area contributed by atoms with Gasteiger partial charge in [-0.05, 0) is 134 Å². The molecule has 134 heavy (non-hydrogen) atoms. The monoisotopic (exact) mass is 1920 g/mol. The Kier molecular flexibility index (Phi) is 35.0. The van der Waals surface area contributed by atoms with Crippen LogP contribution in [0.15, 0.2) is 108 Å². The smallest absolute Gasteiger partial charge is 0.434 e. The third kappa shape index (κ3) is 25.9. The van der Waals surface area contributed by atoms with Gasteiger partial charge in [-0.15, -0.1) is 34.0 Å². The topological polar surface area (TPSA) is 490 Å². The summed E-state index contributed by atoms with van der Waals surface area (Å²) in [5, 5.41) is 66.9. The number of aromatic nitrogens is 18. The van der Waals surface area contributed by atoms with Crippen LogP contribution in [0.5, 0.6) is 0 Å². The standard InChI is InChI=1S/C30H34F2N8O5S.C28H30F2N8O4S.C23H23F2N7O2S.C3H6O4.CO2/c1-2-44-21-5-3-20(4-6-21)39-17-23(27(37-39)26-22(31)7-8-25(32)36-26)34-28(41)24-18-46-29(35-24)19-15-33-40(16-19)30(42)45-14-11-38-9-12-43-13-10-38;1-2-42-19-5-3-18(4-6-19)37-15-21(25(35-37)24-20(29)7-8-23(30)34-24)32-26(39)22-16-43-27(33-22)17-13-31-38(14-17)28(40)36-9-11-41-12-10-36;1-2-34-15-5-3-14(4-6-15)32-11-17(21(31-32)20-16(24)7-8-19(25)30-20)28-22(33)18-12-35-23(29-18)13-9-26-27-10-13;4-1-2(5)3(6)7;2-1-3/h7-8,15-18,20-21H,2-6,9-14H2,1H3,(H,34,41);7-8,13-16,18-19H,2-6,9-12H2,1H3,(H,32,39);7-12,14-15H,2-6H2,1H3,(H,26,27)(H,28,33);2,4-5H,1H2,(H,6,7);. The molecular weight excluding hydrogens is 1830 g/mol. The number of hydrogen-bond donors (Lipinski definition) is 7. The zero-order valence-corrected chi connectivity index (χ0v) is 74.8. The van der Waals surface area contributed by atoms with Crippen molar-refractivity contribution in [1.82, 2.24) is 98.8 Å². The van der Waals surface area contributed by atoms with Crippen molar-refractivity contribution in [3.05, 3.63) is 161 Å². The van der Waals surface area contributed by atoms with E-state index in [0.717, 1.165) is 137 Å². The molecule has 7 N–H and O–H groups in total. The Labute approximate surface area is 771 Å². The second-order valence-electron chi connectivity index (χ2n) is 30.5. The highest BCUT2D eigenvalue weighted by Crippen LogP contribution is 2.40. The minimum atomic E-state index is -1.63. The highest BCUT2D eigenvalue weighted by molar-refractivity contribution is 7.14. The molecule has 0 spiro atoms. The van der Waals surface area contributed by atoms with Gasteiger partial charge in [-0.25, -0.2) is 57.5 Å². The van der Waals surface area contributed by atoms with Gasteiger partial charge in [0.2, 0.25) is 17.8 Å². The van der Waals surface area contributed by atoms with Crippen LogP contribution < -0.4 is 16.0 Å². The van der Waals surface area contributed by atoms with Crippen molar-refractivity contribution in [2.45, 2.75) is 140 Å². The van der Waals surface area contributed by atoms with Crippen molar-refractivity contribution in [2.24, 2.45) is 0 Å². The summed E-state index contributed by atoms with van der Waals surface area (Å²) < 4.78 is 127. The Morgan fingerprint density at radius 1 is 0.500 bits per heavy atom. The van der Waals surface area contributed by atoms with Gasteiger partial charge in [0.25, 0.3) is 17.7 Å². The number of morpholine rings is 2. The van der Waals surface area contributed by atoms with Crippen LogP contribution in [0.25, 0.3) is 65.9 Å². The molecule has 0 radical (unpaired) electrons. The van der Waals surface area contributed by atoms with Crippen molar-refractivity contribution in [1.29, 1.82) is 0 Å². The molecule has 2 saturated heterocycles. The molecule has 1 atom stereocenters. The van der Waals surface area contributed by atoms with Gasteiger partial charge < -0.3 is 64.6 Å². The van der Waals surface area contributed by atoms with E-state index < -0.39 is 77.8 Å². The minimum Gasteiger partial charge on any atom is -0.479 e. The number of pyridine rings is 3. The van der Waals surface area contributed by atoms with Crippen molar-refractivity contribution in [3.63, 3.8) is 0 Å². The van der Waals surface area contributed by atoms with Crippen molar-refractivity contribution in [3.8, 4) is 65.9 Å². The van der Waals surface area contributed by atoms with Gasteiger partial charge >= 0.3 is 24.2 Å². The molecule has 3 saturated carbocycles. The molecule has 0 aromatic carbocycles. The number of anilines is 3. The molecule has 5 aliphatic rings. The number of halogens is 6. The van der Waals surface area contributed by atoms with Gasteiger partial charge in [0, 0.05) is 123 Å². The summed E-state index contributed by atoms with van der Waals surface area (Å²) in [6, 6.07) is 5.51. The highest BCUT2D eigenvalue weighted by atomic mass is 32.1. The third-order valence-corrected chi connectivity index (χ3v) is 24.5. The number of carboxylic acids is 1. The second kappa shape index (κ2) is 47.6. The lowest BCUT2D eigenvalue weighted by Crippen LogP contribution is -2.43. The molecule has 1 unspecified atom stereocenters. The molecule has 14 heterocycles. The van der Waals surface area contributed by atoms with Crippen LogP contribution in [0, 0.1) is 35.3 Å². The lowest BCUT2D eigenvalue weighted by atomic mass is 9.93. The largest absolute Gasteiger partial charge is 0.479 e. The van der Waals surface area contributed by atoms with Crippen LogP contribution in [-0.2, 0) is 42.8 Å². The summed E-state index contributed by atoms with van der Waals surface area (Å²) in [6.07, 6.45) is 22.7. The van der Waals surface area contributed by atoms with E-state index >= 15 is 0 Å². The molecule has 17 rings (SSSR count). The summed E-state index contributed by atoms with van der Waals surface area (Å²) in [4.78, 5) is 119. The fraction of sp³-hybridized carbons (Fsp3) is 0.424. The number of ether oxygens (including phenoxy) is 6. The Morgan fingerprint density at radius 2 is 0.866 bits per heavy atom. The molecule has 3 aliphatic carbocycles. The van der Waals surface area contributed by atoms with E-state index in [4.69, 9.17) is 53.3 Å². The molecule has 2 aliphatic heterocycles. The zero-order chi connectivity index (χ0) is 94.9. The van der Waals surface area contributed by atoms with Crippen LogP contribution in [0.1, 0.15) is 147 Å². The van der Waals surface area contributed by atoms with E-state index in [1.54, 1.807) is 72.3 Å². The number of amides is 4. The summed E-state index contributed by atoms with van der Waals surface area (Å²) in [5.41, 5.74) is 2.08. The number of hydrogen-bond acceptors (Lipinski definition) is 32. The Hall–Kier alpha value is -12.9. The SMILES string of the molecule is CCOC1CCC(n2cc(NC(=O)c3csc(-c4cn[nH]c4)n3)c(-c3nc(F)ccc3F)n2)CC1.CCOC1CCC(n2cc(NC(=O)c3csc(-c4cnn(C(=O)N5CCOCC5)c4)n3)c(-c3nc(F)ccc3F)n2)CC1.CCOC1CCC(n2cc(NC(=O)c3csc(-c4cnn(C(=O)OCCN5CCOCC5)c4)n3)c(-c3nc(F)ccc3F)n2)CC1.O=C(O)C(O)CO.O=C=O. The molecule has 49 heteroatoms. The highest BCUT2D eigenvalue weighted by Gasteiger charge is 2.33. The van der Waals surface area contributed by atoms with Gasteiger partial charge in [0.15, 0.2) is 23.6 Å². The van der Waals surface area contributed by atoms with E-state index in [-0.39, 0.29) is 124 Å². The van der Waals surface area contributed by atoms with E-state index in [1.807, 2.05) is 20.8 Å². The molecular formula is C85H93F6N23O17S3. The summed E-state index contributed by atoms with van der Waals surface area (Å²) in [5.74, 6) is -7.86. The normalized spacial score (nSPS) is 18.0. The Bertz CT molecular complexity index is 5980. The molecule has 12 aromatic rings. The number of carboxylic acid groups (broad SMARTS) is 1. The average Bonchev–Trinajstić information content (AvgIpc) is 1.64. The van der Waals surface area contributed by atoms with E-state index in [9.17, 15) is 55.1 Å². The van der Waals surface area contributed by atoms with E-state index in [1.165, 1.54) is 57.3 Å².